The third-order valence-electron chi connectivity index (χ3n) is 4.75. The molecule has 0 aromatic heterocycles. The lowest BCUT2D eigenvalue weighted by atomic mass is 9.83. The molecule has 0 saturated heterocycles. The summed E-state index contributed by atoms with van der Waals surface area (Å²) in [5, 5.41) is 0. The number of hydrogen-bond donors (Lipinski definition) is 0. The quantitative estimate of drug-likeness (QED) is 0.155. The van der Waals surface area contributed by atoms with E-state index in [9.17, 15) is 14.4 Å². The molecule has 0 bridgehead atoms. The molecule has 31 heavy (non-hydrogen) atoms. The Morgan fingerprint density at radius 3 is 1.42 bits per heavy atom. The summed E-state index contributed by atoms with van der Waals surface area (Å²) in [6.45, 7) is 13.2. The maximum atomic E-state index is 12.7. The third-order valence-corrected chi connectivity index (χ3v) is 4.75. The molecule has 0 aliphatic rings. The van der Waals surface area contributed by atoms with E-state index in [1.807, 2.05) is 6.92 Å². The van der Waals surface area contributed by atoms with Gasteiger partial charge in [-0.2, -0.15) is 0 Å². The van der Waals surface area contributed by atoms with Crippen molar-refractivity contribution in [1.82, 2.24) is 0 Å². The molecular formula is C25H40O6. The SMILES string of the molecule is CCOC(=O)C(C/C=C(\C)CC/C=C(\C)CCC=C(C)C)(C(=O)OCC)C(=O)OCC. The molecule has 0 N–H and O–H groups in total. The monoisotopic (exact) mass is 436 g/mol. The maximum absolute atomic E-state index is 12.7. The molecule has 0 heterocycles. The van der Waals surface area contributed by atoms with Crippen LogP contribution in [0.2, 0.25) is 0 Å². The summed E-state index contributed by atoms with van der Waals surface area (Å²) in [5.74, 6) is -2.82. The minimum Gasteiger partial charge on any atom is -0.465 e. The van der Waals surface area contributed by atoms with Gasteiger partial charge in [0.05, 0.1) is 19.8 Å². The van der Waals surface area contributed by atoms with Crippen LogP contribution in [0.5, 0.6) is 0 Å². The van der Waals surface area contributed by atoms with Crippen molar-refractivity contribution in [2.75, 3.05) is 19.8 Å². The van der Waals surface area contributed by atoms with E-state index < -0.39 is 23.3 Å². The van der Waals surface area contributed by atoms with Crippen LogP contribution in [0.1, 0.15) is 80.6 Å². The Kier molecular flexibility index (Phi) is 14.3. The van der Waals surface area contributed by atoms with Crippen molar-refractivity contribution < 1.29 is 28.6 Å². The molecule has 0 aromatic rings. The first-order valence-electron chi connectivity index (χ1n) is 11.1. The van der Waals surface area contributed by atoms with Gasteiger partial charge in [-0.3, -0.25) is 14.4 Å². The second kappa shape index (κ2) is 15.4. The predicted molar refractivity (Wildman–Crippen MR) is 122 cm³/mol. The first-order chi connectivity index (χ1) is 14.6. The van der Waals surface area contributed by atoms with Gasteiger partial charge >= 0.3 is 17.9 Å². The Labute approximate surface area is 187 Å². The number of esters is 3. The van der Waals surface area contributed by atoms with Gasteiger partial charge in [-0.1, -0.05) is 34.9 Å². The van der Waals surface area contributed by atoms with Gasteiger partial charge in [0.15, 0.2) is 0 Å². The van der Waals surface area contributed by atoms with E-state index in [0.717, 1.165) is 31.3 Å². The molecule has 6 nitrogen and oxygen atoms in total. The fraction of sp³-hybridized carbons (Fsp3) is 0.640. The number of hydrogen-bond acceptors (Lipinski definition) is 6. The van der Waals surface area contributed by atoms with E-state index in [1.165, 1.54) is 11.1 Å². The standard InChI is InChI=1S/C25H40O6/c1-8-29-22(26)25(23(27)30-9-2,24(28)31-10-3)18-17-21(7)16-12-15-20(6)14-11-13-19(4)5/h13,15,17H,8-12,14,16,18H2,1-7H3/b20-15+,21-17+. The van der Waals surface area contributed by atoms with Crippen molar-refractivity contribution in [2.45, 2.75) is 80.6 Å². The molecule has 0 amide bonds. The van der Waals surface area contributed by atoms with Crippen LogP contribution in [0.3, 0.4) is 0 Å². The lowest BCUT2D eigenvalue weighted by molar-refractivity contribution is -0.183. The van der Waals surface area contributed by atoms with E-state index in [4.69, 9.17) is 14.2 Å². The van der Waals surface area contributed by atoms with Crippen molar-refractivity contribution in [3.8, 4) is 0 Å². The molecule has 0 saturated carbocycles. The average Bonchev–Trinajstić information content (AvgIpc) is 2.68. The van der Waals surface area contributed by atoms with Gasteiger partial charge in [0.1, 0.15) is 0 Å². The Morgan fingerprint density at radius 1 is 0.645 bits per heavy atom. The molecular weight excluding hydrogens is 396 g/mol. The van der Waals surface area contributed by atoms with E-state index in [0.29, 0.717) is 0 Å². The van der Waals surface area contributed by atoms with Crippen LogP contribution < -0.4 is 0 Å². The van der Waals surface area contributed by atoms with Crippen molar-refractivity contribution in [2.24, 2.45) is 5.41 Å². The van der Waals surface area contributed by atoms with Gasteiger partial charge in [0, 0.05) is 6.42 Å². The molecule has 0 atom stereocenters. The number of carbonyl (C=O) groups is 3. The van der Waals surface area contributed by atoms with Crippen molar-refractivity contribution >= 4 is 17.9 Å². The molecule has 0 radical (unpaired) electrons. The zero-order chi connectivity index (χ0) is 23.9. The molecule has 0 unspecified atom stereocenters. The van der Waals surface area contributed by atoms with Gasteiger partial charge in [-0.05, 0) is 74.1 Å². The van der Waals surface area contributed by atoms with Gasteiger partial charge < -0.3 is 14.2 Å². The van der Waals surface area contributed by atoms with Crippen molar-refractivity contribution in [3.63, 3.8) is 0 Å². The summed E-state index contributed by atoms with van der Waals surface area (Å²) in [4.78, 5) is 38.1. The Hall–Kier alpha value is -2.37. The summed E-state index contributed by atoms with van der Waals surface area (Å²) in [5.41, 5.74) is 1.47. The highest BCUT2D eigenvalue weighted by Crippen LogP contribution is 2.30. The van der Waals surface area contributed by atoms with Gasteiger partial charge in [0.25, 0.3) is 5.41 Å². The summed E-state index contributed by atoms with van der Waals surface area (Å²) in [6.07, 6.45) is 9.65. The summed E-state index contributed by atoms with van der Waals surface area (Å²) in [6, 6.07) is 0. The highest BCUT2D eigenvalue weighted by atomic mass is 16.6. The van der Waals surface area contributed by atoms with E-state index in [2.05, 4.69) is 32.9 Å². The largest absolute Gasteiger partial charge is 0.465 e. The highest BCUT2D eigenvalue weighted by Gasteiger charge is 2.56. The molecule has 176 valence electrons. The lowest BCUT2D eigenvalue weighted by Crippen LogP contribution is -2.49. The summed E-state index contributed by atoms with van der Waals surface area (Å²) < 4.78 is 15.2. The Morgan fingerprint density at radius 2 is 1.03 bits per heavy atom. The zero-order valence-electron chi connectivity index (χ0n) is 20.3. The maximum Gasteiger partial charge on any atom is 0.335 e. The van der Waals surface area contributed by atoms with Crippen LogP contribution in [0.25, 0.3) is 0 Å². The number of allylic oxidation sites excluding steroid dienone is 6. The molecule has 0 aliphatic carbocycles. The average molecular weight is 437 g/mol. The molecule has 0 fully saturated rings. The minimum atomic E-state index is -2.14. The number of ether oxygens (including phenoxy) is 3. The van der Waals surface area contributed by atoms with Crippen LogP contribution >= 0.6 is 0 Å². The van der Waals surface area contributed by atoms with E-state index >= 15 is 0 Å². The summed E-state index contributed by atoms with van der Waals surface area (Å²) in [7, 11) is 0. The van der Waals surface area contributed by atoms with Crippen molar-refractivity contribution in [3.05, 3.63) is 34.9 Å². The normalized spacial score (nSPS) is 12.2. The fourth-order valence-corrected chi connectivity index (χ4v) is 2.93. The van der Waals surface area contributed by atoms with Crippen LogP contribution in [0, 0.1) is 5.41 Å². The first kappa shape index (κ1) is 28.6. The number of rotatable bonds is 14. The predicted octanol–water partition coefficient (Wildman–Crippen LogP) is 5.47. The second-order valence-electron chi connectivity index (χ2n) is 7.73. The topological polar surface area (TPSA) is 78.9 Å². The van der Waals surface area contributed by atoms with Gasteiger partial charge in [-0.25, -0.2) is 0 Å². The minimum absolute atomic E-state index is 0.0406. The van der Waals surface area contributed by atoms with E-state index in [1.54, 1.807) is 26.8 Å². The molecule has 0 aliphatic heterocycles. The fourth-order valence-electron chi connectivity index (χ4n) is 2.93. The Bertz CT molecular complexity index is 635. The highest BCUT2D eigenvalue weighted by molar-refractivity contribution is 6.18. The van der Waals surface area contributed by atoms with Gasteiger partial charge in [-0.15, -0.1) is 0 Å². The van der Waals surface area contributed by atoms with Gasteiger partial charge in [0.2, 0.25) is 0 Å². The smallest absolute Gasteiger partial charge is 0.335 e. The van der Waals surface area contributed by atoms with Crippen LogP contribution in [-0.4, -0.2) is 37.7 Å². The molecule has 0 spiro atoms. The van der Waals surface area contributed by atoms with Crippen LogP contribution in [0.15, 0.2) is 34.9 Å². The third kappa shape index (κ3) is 9.99. The number of carbonyl (C=O) groups excluding carboxylic acids is 3. The van der Waals surface area contributed by atoms with Crippen LogP contribution in [-0.2, 0) is 28.6 Å². The van der Waals surface area contributed by atoms with Crippen LogP contribution in [0.4, 0.5) is 0 Å². The Balaban J connectivity index is 5.42. The second-order valence-corrected chi connectivity index (χ2v) is 7.73. The molecule has 0 aromatic carbocycles. The lowest BCUT2D eigenvalue weighted by Gasteiger charge is -2.26. The van der Waals surface area contributed by atoms with E-state index in [-0.39, 0.29) is 26.2 Å². The summed E-state index contributed by atoms with van der Waals surface area (Å²) >= 11 is 0. The zero-order valence-corrected chi connectivity index (χ0v) is 20.3. The van der Waals surface area contributed by atoms with Crippen molar-refractivity contribution in [1.29, 1.82) is 0 Å². The molecule has 6 heteroatoms. The molecule has 0 rings (SSSR count). The first-order valence-corrected chi connectivity index (χ1v) is 11.1.